The molecule has 2 aliphatic rings. The zero-order valence-corrected chi connectivity index (χ0v) is 14.7. The fourth-order valence-electron chi connectivity index (χ4n) is 3.76. The van der Waals surface area contributed by atoms with Crippen LogP contribution in [0, 0.1) is 0 Å². The van der Waals surface area contributed by atoms with Gasteiger partial charge in [-0.25, -0.2) is 4.98 Å². The van der Waals surface area contributed by atoms with Crippen molar-refractivity contribution < 1.29 is 13.2 Å². The molecule has 0 saturated carbocycles. The van der Waals surface area contributed by atoms with Crippen LogP contribution in [0.1, 0.15) is 42.5 Å². The fourth-order valence-corrected chi connectivity index (χ4v) is 3.92. The minimum atomic E-state index is -4.34. The number of aromatic nitrogens is 1. The second kappa shape index (κ2) is 6.27. The number of hydrogen-bond acceptors (Lipinski definition) is 1. The molecule has 1 nitrogen and oxygen atoms in total. The standard InChI is InChI=1S/C21H17ClF3N/c22-19-8-4-7-18(26-19)20(13-17(20)14-5-2-1-3-6-14)15-9-11-16(12-10-15)21(23,24)25/h4-5,7-13H,1-3,6H2. The minimum Gasteiger partial charge on any atom is -0.240 e. The average Bonchev–Trinajstić information content (AvgIpc) is 3.39. The molecule has 26 heavy (non-hydrogen) atoms. The maximum atomic E-state index is 12.9. The van der Waals surface area contributed by atoms with Crippen LogP contribution in [0.4, 0.5) is 13.2 Å². The first-order valence-electron chi connectivity index (χ1n) is 8.65. The molecule has 0 N–H and O–H groups in total. The van der Waals surface area contributed by atoms with Gasteiger partial charge < -0.3 is 0 Å². The number of rotatable bonds is 3. The molecule has 1 aromatic carbocycles. The molecule has 0 aliphatic heterocycles. The van der Waals surface area contributed by atoms with Gasteiger partial charge in [0.2, 0.25) is 0 Å². The van der Waals surface area contributed by atoms with Gasteiger partial charge in [-0.15, -0.1) is 0 Å². The summed E-state index contributed by atoms with van der Waals surface area (Å²) in [6.07, 6.45) is 4.35. The van der Waals surface area contributed by atoms with E-state index in [0.717, 1.165) is 48.2 Å². The molecular formula is C21H17ClF3N. The number of halogens is 4. The van der Waals surface area contributed by atoms with Crippen LogP contribution in [-0.4, -0.2) is 4.98 Å². The van der Waals surface area contributed by atoms with Crippen LogP contribution in [0.2, 0.25) is 5.15 Å². The summed E-state index contributed by atoms with van der Waals surface area (Å²) in [6.45, 7) is 0. The molecule has 1 aromatic heterocycles. The highest BCUT2D eigenvalue weighted by Gasteiger charge is 2.50. The Labute approximate surface area is 155 Å². The molecule has 5 heteroatoms. The zero-order chi connectivity index (χ0) is 18.4. The summed E-state index contributed by atoms with van der Waals surface area (Å²) in [5.41, 5.74) is 2.75. The third kappa shape index (κ3) is 2.96. The molecule has 1 unspecified atom stereocenters. The van der Waals surface area contributed by atoms with E-state index in [1.165, 1.54) is 12.0 Å². The highest BCUT2D eigenvalue weighted by molar-refractivity contribution is 6.29. The first-order valence-corrected chi connectivity index (χ1v) is 9.02. The Hall–Kier alpha value is -2.07. The van der Waals surface area contributed by atoms with E-state index >= 15 is 0 Å². The normalized spacial score (nSPS) is 22.6. The molecular weight excluding hydrogens is 359 g/mol. The van der Waals surface area contributed by atoms with Crippen LogP contribution in [-0.2, 0) is 11.6 Å². The van der Waals surface area contributed by atoms with Crippen molar-refractivity contribution in [1.82, 2.24) is 4.98 Å². The van der Waals surface area contributed by atoms with Crippen molar-refractivity contribution in [2.24, 2.45) is 0 Å². The third-order valence-electron chi connectivity index (χ3n) is 5.13. The summed E-state index contributed by atoms with van der Waals surface area (Å²) >= 11 is 6.09. The van der Waals surface area contributed by atoms with Gasteiger partial charge in [0.1, 0.15) is 5.15 Å². The highest BCUT2D eigenvalue weighted by Crippen LogP contribution is 2.56. The zero-order valence-electron chi connectivity index (χ0n) is 14.0. The largest absolute Gasteiger partial charge is 0.416 e. The van der Waals surface area contributed by atoms with Crippen molar-refractivity contribution in [2.75, 3.05) is 0 Å². The lowest BCUT2D eigenvalue weighted by molar-refractivity contribution is -0.137. The van der Waals surface area contributed by atoms with Gasteiger partial charge in [0.05, 0.1) is 16.7 Å². The number of alkyl halides is 3. The Morgan fingerprint density at radius 3 is 2.38 bits per heavy atom. The van der Waals surface area contributed by atoms with E-state index in [-0.39, 0.29) is 0 Å². The lowest BCUT2D eigenvalue weighted by Gasteiger charge is -2.22. The molecule has 4 rings (SSSR count). The first kappa shape index (κ1) is 17.3. The minimum absolute atomic E-state index is 0.381. The molecule has 0 saturated heterocycles. The number of nitrogens with zero attached hydrogens (tertiary/aromatic N) is 1. The molecule has 134 valence electrons. The van der Waals surface area contributed by atoms with Crippen LogP contribution in [0.5, 0.6) is 0 Å². The Kier molecular flexibility index (Phi) is 4.19. The molecule has 2 aliphatic carbocycles. The summed E-state index contributed by atoms with van der Waals surface area (Å²) in [6, 6.07) is 10.8. The summed E-state index contributed by atoms with van der Waals surface area (Å²) in [5.74, 6) is 0. The van der Waals surface area contributed by atoms with Gasteiger partial charge >= 0.3 is 6.18 Å². The topological polar surface area (TPSA) is 12.9 Å². The summed E-state index contributed by atoms with van der Waals surface area (Å²) in [4.78, 5) is 4.46. The molecule has 0 amide bonds. The Morgan fingerprint density at radius 1 is 1.00 bits per heavy atom. The monoisotopic (exact) mass is 375 g/mol. The summed E-state index contributed by atoms with van der Waals surface area (Å²) in [7, 11) is 0. The van der Waals surface area contributed by atoms with Crippen LogP contribution in [0.15, 0.2) is 65.8 Å². The average molecular weight is 376 g/mol. The Bertz CT molecular complexity index is 896. The lowest BCUT2D eigenvalue weighted by Crippen LogP contribution is -2.17. The van der Waals surface area contributed by atoms with E-state index < -0.39 is 17.2 Å². The third-order valence-corrected chi connectivity index (χ3v) is 5.34. The van der Waals surface area contributed by atoms with E-state index in [9.17, 15) is 13.2 Å². The van der Waals surface area contributed by atoms with Crippen molar-refractivity contribution in [1.29, 1.82) is 0 Å². The van der Waals surface area contributed by atoms with Crippen molar-refractivity contribution in [3.05, 3.63) is 87.7 Å². The van der Waals surface area contributed by atoms with Crippen molar-refractivity contribution >= 4 is 11.6 Å². The predicted octanol–water partition coefficient (Wildman–Crippen LogP) is 6.48. The molecule has 0 spiro atoms. The fraction of sp³-hybridized carbons (Fsp3) is 0.286. The van der Waals surface area contributed by atoms with Crippen molar-refractivity contribution in [3.8, 4) is 0 Å². The lowest BCUT2D eigenvalue weighted by atomic mass is 9.82. The smallest absolute Gasteiger partial charge is 0.240 e. The van der Waals surface area contributed by atoms with Gasteiger partial charge in [0.15, 0.2) is 0 Å². The number of hydrogen-bond donors (Lipinski definition) is 0. The van der Waals surface area contributed by atoms with Gasteiger partial charge in [0.25, 0.3) is 0 Å². The van der Waals surface area contributed by atoms with Gasteiger partial charge in [-0.2, -0.15) is 13.2 Å². The quantitative estimate of drug-likeness (QED) is 0.559. The van der Waals surface area contributed by atoms with Gasteiger partial charge in [0, 0.05) is 0 Å². The van der Waals surface area contributed by atoms with Gasteiger partial charge in [-0.3, -0.25) is 0 Å². The number of pyridine rings is 1. The van der Waals surface area contributed by atoms with Gasteiger partial charge in [-0.05, 0) is 66.7 Å². The van der Waals surface area contributed by atoms with Crippen LogP contribution < -0.4 is 0 Å². The van der Waals surface area contributed by atoms with E-state index in [1.807, 2.05) is 12.1 Å². The number of benzene rings is 1. The number of allylic oxidation sites excluding steroid dienone is 4. The van der Waals surface area contributed by atoms with Crippen molar-refractivity contribution in [3.63, 3.8) is 0 Å². The molecule has 0 radical (unpaired) electrons. The van der Waals surface area contributed by atoms with Crippen LogP contribution in [0.25, 0.3) is 0 Å². The van der Waals surface area contributed by atoms with Gasteiger partial charge in [-0.1, -0.05) is 42.0 Å². The van der Waals surface area contributed by atoms with E-state index in [0.29, 0.717) is 5.15 Å². The molecule has 1 heterocycles. The second-order valence-corrected chi connectivity index (χ2v) is 7.15. The van der Waals surface area contributed by atoms with E-state index in [1.54, 1.807) is 18.2 Å². The summed E-state index contributed by atoms with van der Waals surface area (Å²) < 4.78 is 38.8. The maximum Gasteiger partial charge on any atom is 0.416 e. The molecule has 0 fully saturated rings. The first-order chi connectivity index (χ1) is 12.4. The Morgan fingerprint density at radius 2 is 1.77 bits per heavy atom. The van der Waals surface area contributed by atoms with Crippen molar-refractivity contribution in [2.45, 2.75) is 37.3 Å². The predicted molar refractivity (Wildman–Crippen MR) is 96.1 cm³/mol. The molecule has 0 bridgehead atoms. The molecule has 2 aromatic rings. The molecule has 1 atom stereocenters. The summed E-state index contributed by atoms with van der Waals surface area (Å²) in [5, 5.41) is 0.381. The van der Waals surface area contributed by atoms with E-state index in [4.69, 9.17) is 11.6 Å². The van der Waals surface area contributed by atoms with Crippen LogP contribution >= 0.6 is 11.6 Å². The maximum absolute atomic E-state index is 12.9. The Balaban J connectivity index is 1.77. The second-order valence-electron chi connectivity index (χ2n) is 6.76. The van der Waals surface area contributed by atoms with Crippen LogP contribution in [0.3, 0.4) is 0 Å². The van der Waals surface area contributed by atoms with E-state index in [2.05, 4.69) is 17.1 Å². The SMILES string of the molecule is FC(F)(F)c1ccc(C2(c3cccc(Cl)n3)C=C2C2=CCCCC2)cc1. The highest BCUT2D eigenvalue weighted by atomic mass is 35.5.